The van der Waals surface area contributed by atoms with E-state index in [1.54, 1.807) is 0 Å². The number of allylic oxidation sites excluding steroid dienone is 2. The molecule has 0 unspecified atom stereocenters. The third-order valence-electron chi connectivity index (χ3n) is 4.19. The molecule has 20 heavy (non-hydrogen) atoms. The van der Waals surface area contributed by atoms with Crippen molar-refractivity contribution in [3.63, 3.8) is 0 Å². The maximum absolute atomic E-state index is 11.6. The lowest BCUT2D eigenvalue weighted by Crippen LogP contribution is -2.21. The molecule has 1 saturated carbocycles. The van der Waals surface area contributed by atoms with E-state index in [1.807, 2.05) is 6.92 Å². The zero-order valence-corrected chi connectivity index (χ0v) is 11.9. The molecule has 0 spiro atoms. The van der Waals surface area contributed by atoms with E-state index in [9.17, 15) is 15.0 Å². The van der Waals surface area contributed by atoms with Crippen LogP contribution in [0.5, 0.6) is 0 Å². The van der Waals surface area contributed by atoms with Gasteiger partial charge >= 0.3 is 5.97 Å². The minimum Gasteiger partial charge on any atom is -0.460 e. The fourth-order valence-electron chi connectivity index (χ4n) is 3.10. The van der Waals surface area contributed by atoms with Crippen molar-refractivity contribution in [1.29, 1.82) is 0 Å². The number of rotatable bonds is 0. The molecule has 1 aliphatic heterocycles. The number of hydrogen-bond acceptors (Lipinski definition) is 4. The van der Waals surface area contributed by atoms with Crippen molar-refractivity contribution < 1.29 is 19.7 Å². The molecule has 0 aromatic rings. The van der Waals surface area contributed by atoms with E-state index < -0.39 is 12.1 Å². The summed E-state index contributed by atoms with van der Waals surface area (Å²) in [5.74, 6) is -0.249. The standard InChI is InChI=1S/C16H24O4/c1-11-5-3-2-4-6-12-9-13(17)10-14(12)15(18)7-8-16(19)20-11/h4,6-8,11-15,17-18H,2-3,5,9-10H2,1H3/b6-4-,8-7-/t11-,12-,13+,14-,15+/m1/s1. The Balaban J connectivity index is 2.11. The topological polar surface area (TPSA) is 66.8 Å². The zero-order chi connectivity index (χ0) is 14.5. The van der Waals surface area contributed by atoms with E-state index in [0.717, 1.165) is 19.3 Å². The highest BCUT2D eigenvalue weighted by molar-refractivity contribution is 5.82. The first kappa shape index (κ1) is 15.3. The van der Waals surface area contributed by atoms with Crippen molar-refractivity contribution in [3.05, 3.63) is 24.3 Å². The Bertz CT molecular complexity index is 388. The SMILES string of the molecule is C[C@@H]1CCC/C=C\[C@@H]2C[C@H](O)C[C@H]2[C@@H](O)/C=C\C(=O)O1. The number of cyclic esters (lactones) is 1. The molecule has 0 amide bonds. The summed E-state index contributed by atoms with van der Waals surface area (Å²) in [5.41, 5.74) is 0. The van der Waals surface area contributed by atoms with Gasteiger partial charge < -0.3 is 14.9 Å². The Morgan fingerprint density at radius 1 is 1.25 bits per heavy atom. The van der Waals surface area contributed by atoms with E-state index in [0.29, 0.717) is 12.8 Å². The number of esters is 1. The molecule has 0 saturated heterocycles. The Morgan fingerprint density at radius 3 is 2.85 bits per heavy atom. The first-order chi connectivity index (χ1) is 9.56. The lowest BCUT2D eigenvalue weighted by Gasteiger charge is -2.19. The average molecular weight is 280 g/mol. The number of aliphatic hydroxyl groups excluding tert-OH is 2. The highest BCUT2D eigenvalue weighted by Gasteiger charge is 2.35. The third-order valence-corrected chi connectivity index (χ3v) is 4.19. The van der Waals surface area contributed by atoms with Crippen LogP contribution in [0.4, 0.5) is 0 Å². The lowest BCUT2D eigenvalue weighted by atomic mass is 9.90. The van der Waals surface area contributed by atoms with Gasteiger partial charge in [-0.25, -0.2) is 4.79 Å². The first-order valence-electron chi connectivity index (χ1n) is 7.48. The summed E-state index contributed by atoms with van der Waals surface area (Å²) >= 11 is 0. The van der Waals surface area contributed by atoms with Gasteiger partial charge in [-0.2, -0.15) is 0 Å². The molecule has 0 radical (unpaired) electrons. The van der Waals surface area contributed by atoms with Crippen LogP contribution < -0.4 is 0 Å². The van der Waals surface area contributed by atoms with E-state index >= 15 is 0 Å². The summed E-state index contributed by atoms with van der Waals surface area (Å²) in [4.78, 5) is 11.6. The Labute approximate surface area is 120 Å². The monoisotopic (exact) mass is 280 g/mol. The van der Waals surface area contributed by atoms with Crippen LogP contribution in [0, 0.1) is 11.8 Å². The predicted octanol–water partition coefficient (Wildman–Crippen LogP) is 1.96. The first-order valence-corrected chi connectivity index (χ1v) is 7.48. The van der Waals surface area contributed by atoms with Gasteiger partial charge in [-0.15, -0.1) is 0 Å². The summed E-state index contributed by atoms with van der Waals surface area (Å²) in [5, 5.41) is 20.0. The van der Waals surface area contributed by atoms with Crippen LogP contribution in [-0.4, -0.2) is 34.5 Å². The molecule has 2 aliphatic rings. The highest BCUT2D eigenvalue weighted by Crippen LogP contribution is 2.36. The molecule has 4 nitrogen and oxygen atoms in total. The minimum atomic E-state index is -0.717. The molecule has 1 heterocycles. The third kappa shape index (κ3) is 4.18. The van der Waals surface area contributed by atoms with Gasteiger partial charge in [0.05, 0.1) is 18.3 Å². The van der Waals surface area contributed by atoms with Crippen LogP contribution in [0.15, 0.2) is 24.3 Å². The molecular weight excluding hydrogens is 256 g/mol. The maximum atomic E-state index is 11.6. The number of carbonyl (C=O) groups excluding carboxylic acids is 1. The summed E-state index contributed by atoms with van der Waals surface area (Å²) in [7, 11) is 0. The van der Waals surface area contributed by atoms with Crippen molar-refractivity contribution in [1.82, 2.24) is 0 Å². The average Bonchev–Trinajstić information content (AvgIpc) is 2.76. The largest absolute Gasteiger partial charge is 0.460 e. The number of carbonyl (C=O) groups is 1. The fourth-order valence-corrected chi connectivity index (χ4v) is 3.10. The highest BCUT2D eigenvalue weighted by atomic mass is 16.5. The molecule has 1 fully saturated rings. The molecule has 112 valence electrons. The second-order valence-corrected chi connectivity index (χ2v) is 5.91. The molecule has 2 rings (SSSR count). The van der Waals surface area contributed by atoms with Crippen molar-refractivity contribution in [2.24, 2.45) is 11.8 Å². The predicted molar refractivity (Wildman–Crippen MR) is 75.9 cm³/mol. The fraction of sp³-hybridized carbons (Fsp3) is 0.688. The second kappa shape index (κ2) is 7.04. The smallest absolute Gasteiger partial charge is 0.330 e. The van der Waals surface area contributed by atoms with Gasteiger partial charge in [0, 0.05) is 6.08 Å². The Kier molecular flexibility index (Phi) is 5.38. The van der Waals surface area contributed by atoms with E-state index in [4.69, 9.17) is 4.74 Å². The molecule has 1 aliphatic carbocycles. The molecule has 0 aromatic heterocycles. The zero-order valence-electron chi connectivity index (χ0n) is 11.9. The minimum absolute atomic E-state index is 0.0246. The van der Waals surface area contributed by atoms with Gasteiger partial charge in [-0.3, -0.25) is 0 Å². The van der Waals surface area contributed by atoms with Crippen molar-refractivity contribution in [3.8, 4) is 0 Å². The van der Waals surface area contributed by atoms with E-state index in [1.165, 1.54) is 12.2 Å². The summed E-state index contributed by atoms with van der Waals surface area (Å²) in [6, 6.07) is 0. The van der Waals surface area contributed by atoms with Crippen LogP contribution in [-0.2, 0) is 9.53 Å². The molecule has 0 aromatic carbocycles. The molecular formula is C16H24O4. The van der Waals surface area contributed by atoms with Crippen molar-refractivity contribution >= 4 is 5.97 Å². The summed E-state index contributed by atoms with van der Waals surface area (Å²) in [6.45, 7) is 1.89. The normalized spacial score (nSPS) is 42.5. The van der Waals surface area contributed by atoms with Crippen LogP contribution in [0.1, 0.15) is 39.0 Å². The number of hydrogen-bond donors (Lipinski definition) is 2. The number of fused-ring (bicyclic) bond motifs is 1. The van der Waals surface area contributed by atoms with Gasteiger partial charge in [0.15, 0.2) is 0 Å². The van der Waals surface area contributed by atoms with Crippen LogP contribution in [0.25, 0.3) is 0 Å². The van der Waals surface area contributed by atoms with Crippen LogP contribution in [0.2, 0.25) is 0 Å². The van der Waals surface area contributed by atoms with E-state index in [2.05, 4.69) is 12.2 Å². The Hall–Kier alpha value is -1.13. The van der Waals surface area contributed by atoms with Crippen LogP contribution >= 0.6 is 0 Å². The number of aliphatic hydroxyl groups is 2. The van der Waals surface area contributed by atoms with Gasteiger partial charge in [0.2, 0.25) is 0 Å². The second-order valence-electron chi connectivity index (χ2n) is 5.91. The lowest BCUT2D eigenvalue weighted by molar-refractivity contribution is -0.142. The molecule has 0 bridgehead atoms. The van der Waals surface area contributed by atoms with Crippen molar-refractivity contribution in [2.45, 2.75) is 57.3 Å². The summed E-state index contributed by atoms with van der Waals surface area (Å²) < 4.78 is 5.23. The quantitative estimate of drug-likeness (QED) is 0.526. The number of ether oxygens (including phenoxy) is 1. The molecule has 2 N–H and O–H groups in total. The van der Waals surface area contributed by atoms with Crippen LogP contribution in [0.3, 0.4) is 0 Å². The van der Waals surface area contributed by atoms with Crippen molar-refractivity contribution in [2.75, 3.05) is 0 Å². The van der Waals surface area contributed by atoms with E-state index in [-0.39, 0.29) is 24.0 Å². The molecule has 4 heteroatoms. The van der Waals surface area contributed by atoms with Gasteiger partial charge in [0.25, 0.3) is 0 Å². The maximum Gasteiger partial charge on any atom is 0.330 e. The Morgan fingerprint density at radius 2 is 2.05 bits per heavy atom. The van der Waals surface area contributed by atoms with Gasteiger partial charge in [-0.05, 0) is 56.9 Å². The van der Waals surface area contributed by atoms with Gasteiger partial charge in [0.1, 0.15) is 0 Å². The van der Waals surface area contributed by atoms with Gasteiger partial charge in [-0.1, -0.05) is 12.2 Å². The summed E-state index contributed by atoms with van der Waals surface area (Å²) in [6.07, 6.45) is 9.87. The molecule has 5 atom stereocenters.